The minimum absolute atomic E-state index is 0.122. The Balaban J connectivity index is 1.66. The van der Waals surface area contributed by atoms with Crippen molar-refractivity contribution in [3.63, 3.8) is 0 Å². The summed E-state index contributed by atoms with van der Waals surface area (Å²) in [6.45, 7) is 3.84. The lowest BCUT2D eigenvalue weighted by atomic mass is 9.77. The summed E-state index contributed by atoms with van der Waals surface area (Å²) in [4.78, 5) is 29.3. The van der Waals surface area contributed by atoms with Gasteiger partial charge in [0, 0.05) is 11.6 Å². The first-order valence-corrected chi connectivity index (χ1v) is 9.73. The van der Waals surface area contributed by atoms with Crippen LogP contribution in [0, 0.1) is 12.8 Å². The third-order valence-corrected chi connectivity index (χ3v) is 5.84. The normalized spacial score (nSPS) is 21.8. The summed E-state index contributed by atoms with van der Waals surface area (Å²) in [5, 5.41) is 21.7. The van der Waals surface area contributed by atoms with Crippen LogP contribution in [0.15, 0.2) is 36.5 Å². The molecule has 8 nitrogen and oxygen atoms in total. The van der Waals surface area contributed by atoms with Crippen LogP contribution in [0.3, 0.4) is 0 Å². The molecule has 2 N–H and O–H groups in total. The fourth-order valence-electron chi connectivity index (χ4n) is 3.95. The number of aliphatic carboxylic acids is 1. The lowest BCUT2D eigenvalue weighted by molar-refractivity contribution is -0.146. The molecule has 2 heterocycles. The van der Waals surface area contributed by atoms with Crippen LogP contribution in [-0.2, 0) is 4.79 Å². The monoisotopic (exact) mass is 393 g/mol. The highest BCUT2D eigenvalue weighted by molar-refractivity contribution is 5.97. The van der Waals surface area contributed by atoms with Gasteiger partial charge in [0.25, 0.3) is 5.91 Å². The van der Waals surface area contributed by atoms with E-state index in [9.17, 15) is 14.7 Å². The predicted molar refractivity (Wildman–Crippen MR) is 107 cm³/mol. The number of amides is 1. The Morgan fingerprint density at radius 1 is 1.21 bits per heavy atom. The Morgan fingerprint density at radius 2 is 1.93 bits per heavy atom. The molecule has 0 unspecified atom stereocenters. The largest absolute Gasteiger partial charge is 0.480 e. The molecule has 29 heavy (non-hydrogen) atoms. The fraction of sp³-hybridized carbons (Fsp3) is 0.381. The summed E-state index contributed by atoms with van der Waals surface area (Å²) < 4.78 is 1.57. The highest BCUT2D eigenvalue weighted by atomic mass is 16.4. The van der Waals surface area contributed by atoms with Crippen molar-refractivity contribution in [1.29, 1.82) is 0 Å². The van der Waals surface area contributed by atoms with Gasteiger partial charge in [0.1, 0.15) is 5.54 Å². The number of hydrogen-bond donors (Lipinski definition) is 2. The molecule has 4 rings (SSSR count). The van der Waals surface area contributed by atoms with E-state index in [0.717, 1.165) is 23.7 Å². The first kappa shape index (κ1) is 19.0. The van der Waals surface area contributed by atoms with Gasteiger partial charge in [0.15, 0.2) is 5.69 Å². The lowest BCUT2D eigenvalue weighted by Crippen LogP contribution is -2.56. The van der Waals surface area contributed by atoms with Crippen molar-refractivity contribution in [3.8, 4) is 5.69 Å². The molecule has 0 aliphatic heterocycles. The minimum Gasteiger partial charge on any atom is -0.480 e. The molecular weight excluding hydrogens is 370 g/mol. The average molecular weight is 393 g/mol. The topological polar surface area (TPSA) is 110 Å². The molecule has 0 bridgehead atoms. The van der Waals surface area contributed by atoms with E-state index >= 15 is 0 Å². The second kappa shape index (κ2) is 7.27. The highest BCUT2D eigenvalue weighted by Gasteiger charge is 2.43. The smallest absolute Gasteiger partial charge is 0.329 e. The summed E-state index contributed by atoms with van der Waals surface area (Å²) >= 11 is 0. The zero-order chi connectivity index (χ0) is 20.6. The van der Waals surface area contributed by atoms with Gasteiger partial charge >= 0.3 is 5.97 Å². The maximum absolute atomic E-state index is 12.9. The van der Waals surface area contributed by atoms with Gasteiger partial charge in [0.05, 0.1) is 16.9 Å². The maximum Gasteiger partial charge on any atom is 0.329 e. The first-order chi connectivity index (χ1) is 13.9. The molecule has 1 aliphatic rings. The maximum atomic E-state index is 12.9. The van der Waals surface area contributed by atoms with Crippen molar-refractivity contribution in [3.05, 3.63) is 47.9 Å². The minimum atomic E-state index is -1.25. The molecule has 1 fully saturated rings. The van der Waals surface area contributed by atoms with E-state index in [1.807, 2.05) is 30.3 Å². The molecule has 150 valence electrons. The van der Waals surface area contributed by atoms with Gasteiger partial charge in [-0.05, 0) is 50.7 Å². The lowest BCUT2D eigenvalue weighted by Gasteiger charge is -2.36. The summed E-state index contributed by atoms with van der Waals surface area (Å²) in [7, 11) is 0. The molecule has 2 aromatic heterocycles. The van der Waals surface area contributed by atoms with E-state index in [0.29, 0.717) is 30.1 Å². The standard InChI is InChI=1S/C21H23N5O3/c1-13-8-10-21(11-9-13,20(28)29)23-19(27)17-14(2)26(25-24-17)16-7-3-5-15-6-4-12-22-18(15)16/h3-7,12-13H,8-11H2,1-2H3,(H,23,27)(H,28,29). The van der Waals surface area contributed by atoms with Crippen molar-refractivity contribution in [1.82, 2.24) is 25.3 Å². The Labute approximate surface area is 167 Å². The fourth-order valence-corrected chi connectivity index (χ4v) is 3.95. The number of carboxylic acid groups (broad SMARTS) is 1. The zero-order valence-electron chi connectivity index (χ0n) is 16.4. The Hall–Kier alpha value is -3.29. The van der Waals surface area contributed by atoms with Gasteiger partial charge in [-0.3, -0.25) is 9.78 Å². The van der Waals surface area contributed by atoms with Crippen LogP contribution >= 0.6 is 0 Å². The molecular formula is C21H23N5O3. The third kappa shape index (κ3) is 3.35. The number of carbonyl (C=O) groups excluding carboxylic acids is 1. The summed E-state index contributed by atoms with van der Waals surface area (Å²) in [5.41, 5.74) is 0.869. The van der Waals surface area contributed by atoms with Crippen LogP contribution in [0.25, 0.3) is 16.6 Å². The number of fused-ring (bicyclic) bond motifs is 1. The van der Waals surface area contributed by atoms with Crippen molar-refractivity contribution < 1.29 is 14.7 Å². The Morgan fingerprint density at radius 3 is 2.66 bits per heavy atom. The number of carboxylic acids is 1. The summed E-state index contributed by atoms with van der Waals surface area (Å²) in [6.07, 6.45) is 4.05. The predicted octanol–water partition coefficient (Wildman–Crippen LogP) is 2.89. The number of rotatable bonds is 4. The van der Waals surface area contributed by atoms with E-state index < -0.39 is 17.4 Å². The highest BCUT2D eigenvalue weighted by Crippen LogP contribution is 2.32. The second-order valence-electron chi connectivity index (χ2n) is 7.81. The number of hydrogen-bond acceptors (Lipinski definition) is 5. The van der Waals surface area contributed by atoms with E-state index in [4.69, 9.17) is 0 Å². The van der Waals surface area contributed by atoms with Crippen LogP contribution in [0.1, 0.15) is 48.8 Å². The van der Waals surface area contributed by atoms with Crippen molar-refractivity contribution in [2.24, 2.45) is 5.92 Å². The average Bonchev–Trinajstić information content (AvgIpc) is 3.10. The van der Waals surface area contributed by atoms with E-state index in [-0.39, 0.29) is 5.69 Å². The molecule has 8 heteroatoms. The quantitative estimate of drug-likeness (QED) is 0.705. The van der Waals surface area contributed by atoms with Crippen LogP contribution in [0.4, 0.5) is 0 Å². The molecule has 0 atom stereocenters. The van der Waals surface area contributed by atoms with Gasteiger partial charge < -0.3 is 10.4 Å². The van der Waals surface area contributed by atoms with Gasteiger partial charge in [-0.2, -0.15) is 0 Å². The van der Waals surface area contributed by atoms with Gasteiger partial charge in [-0.15, -0.1) is 5.10 Å². The number of nitrogens with one attached hydrogen (secondary N) is 1. The third-order valence-electron chi connectivity index (χ3n) is 5.84. The molecule has 0 spiro atoms. The Bertz CT molecular complexity index is 1080. The van der Waals surface area contributed by atoms with Crippen molar-refractivity contribution >= 4 is 22.8 Å². The first-order valence-electron chi connectivity index (χ1n) is 9.73. The van der Waals surface area contributed by atoms with Crippen molar-refractivity contribution in [2.75, 3.05) is 0 Å². The SMILES string of the molecule is Cc1c(C(=O)NC2(C(=O)O)CCC(C)CC2)nnn1-c1cccc2cccnc12. The van der Waals surface area contributed by atoms with E-state index in [2.05, 4.69) is 27.5 Å². The molecule has 0 saturated heterocycles. The number of pyridine rings is 1. The molecule has 0 radical (unpaired) electrons. The van der Waals surface area contributed by atoms with E-state index in [1.54, 1.807) is 17.8 Å². The number of nitrogens with zero attached hydrogens (tertiary/aromatic N) is 4. The second-order valence-corrected chi connectivity index (χ2v) is 7.81. The number of aromatic nitrogens is 4. The molecule has 1 aliphatic carbocycles. The molecule has 3 aromatic rings. The van der Waals surface area contributed by atoms with Crippen LogP contribution in [0.5, 0.6) is 0 Å². The number of carbonyl (C=O) groups is 2. The molecule has 1 aromatic carbocycles. The van der Waals surface area contributed by atoms with Crippen LogP contribution in [-0.4, -0.2) is 42.5 Å². The van der Waals surface area contributed by atoms with Crippen LogP contribution < -0.4 is 5.32 Å². The van der Waals surface area contributed by atoms with E-state index in [1.165, 1.54) is 0 Å². The Kier molecular flexibility index (Phi) is 4.77. The molecule has 1 saturated carbocycles. The summed E-state index contributed by atoms with van der Waals surface area (Å²) in [6, 6.07) is 9.51. The van der Waals surface area contributed by atoms with Gasteiger partial charge in [0.2, 0.25) is 0 Å². The van der Waals surface area contributed by atoms with Gasteiger partial charge in [-0.25, -0.2) is 9.48 Å². The number of benzene rings is 1. The number of para-hydroxylation sites is 1. The summed E-state index contributed by atoms with van der Waals surface area (Å²) in [5.74, 6) is -1.05. The van der Waals surface area contributed by atoms with Gasteiger partial charge in [-0.1, -0.05) is 30.3 Å². The van der Waals surface area contributed by atoms with Crippen LogP contribution in [0.2, 0.25) is 0 Å². The van der Waals surface area contributed by atoms with Crippen molar-refractivity contribution in [2.45, 2.75) is 45.1 Å². The molecule has 1 amide bonds. The zero-order valence-corrected chi connectivity index (χ0v) is 16.4.